The lowest BCUT2D eigenvalue weighted by Gasteiger charge is -2.26. The number of aliphatic hydroxyl groups is 1. The molecule has 5 heteroatoms. The fraction of sp³-hybridized carbons (Fsp3) is 0.667. The summed E-state index contributed by atoms with van der Waals surface area (Å²) in [6, 6.07) is 0. The molecule has 3 rings (SSSR count). The zero-order valence-electron chi connectivity index (χ0n) is 8.92. The molecule has 3 aliphatic rings. The minimum Gasteiger partial charge on any atom is -0.393 e. The lowest BCUT2D eigenvalue weighted by Crippen LogP contribution is -2.43. The summed E-state index contributed by atoms with van der Waals surface area (Å²) in [4.78, 5) is 25.3. The zero-order valence-corrected chi connectivity index (χ0v) is 8.92. The Morgan fingerprint density at radius 1 is 1.47 bits per heavy atom. The topological polar surface area (TPSA) is 66.8 Å². The quantitative estimate of drug-likeness (QED) is 0.541. The Hall–Kier alpha value is -1.20. The predicted molar refractivity (Wildman–Crippen MR) is 59.9 cm³/mol. The number of amides is 2. The summed E-state index contributed by atoms with van der Waals surface area (Å²) in [5, 5.41) is 9.39. The average Bonchev–Trinajstić information content (AvgIpc) is 2.91. The molecule has 0 aromatic rings. The first-order valence-electron chi connectivity index (χ1n) is 5.48. The number of imide groups is 1. The molecular weight excluding hydrogens is 222 g/mol. The van der Waals surface area contributed by atoms with Crippen LogP contribution < -0.4 is 0 Å². The van der Waals surface area contributed by atoms with Gasteiger partial charge in [0.05, 0.1) is 24.5 Å². The molecule has 0 radical (unpaired) electrons. The fourth-order valence-corrected chi connectivity index (χ4v) is 3.06. The Labute approximate surface area is 100 Å². The Balaban J connectivity index is 0.00000108. The minimum absolute atomic E-state index is 0. The molecule has 2 amide bonds. The average molecular weight is 239 g/mol. The number of carbonyl (C=O) groups is 2. The van der Waals surface area contributed by atoms with E-state index < -0.39 is 17.4 Å². The Bertz CT molecular complexity index is 405. The molecule has 4 unspecified atom stereocenters. The van der Waals surface area contributed by atoms with Gasteiger partial charge in [0.1, 0.15) is 5.60 Å². The van der Waals surface area contributed by atoms with Gasteiger partial charge in [0.25, 0.3) is 0 Å². The highest BCUT2D eigenvalue weighted by Crippen LogP contribution is 2.51. The number of fused-ring (bicyclic) bond motifs is 5. The number of rotatable bonds is 2. The van der Waals surface area contributed by atoms with Crippen molar-refractivity contribution in [1.29, 1.82) is 0 Å². The number of ether oxygens (including phenoxy) is 1. The molecule has 5 nitrogen and oxygen atoms in total. The SMILES string of the molecule is C.CCN1C(=O)C2C3C=CC(CO)(O3)C2C1=O. The van der Waals surface area contributed by atoms with Crippen LogP contribution >= 0.6 is 0 Å². The monoisotopic (exact) mass is 239 g/mol. The van der Waals surface area contributed by atoms with Gasteiger partial charge in [-0.25, -0.2) is 0 Å². The van der Waals surface area contributed by atoms with Gasteiger partial charge < -0.3 is 9.84 Å². The van der Waals surface area contributed by atoms with Crippen LogP contribution in [0.1, 0.15) is 14.4 Å². The van der Waals surface area contributed by atoms with Gasteiger partial charge >= 0.3 is 0 Å². The predicted octanol–water partition coefficient (Wildman–Crippen LogP) is -0.0567. The second-order valence-corrected chi connectivity index (χ2v) is 4.48. The molecule has 0 aromatic heterocycles. The van der Waals surface area contributed by atoms with Crippen LogP contribution in [0.4, 0.5) is 0 Å². The number of hydrogen-bond donors (Lipinski definition) is 1. The van der Waals surface area contributed by atoms with Gasteiger partial charge in [-0.15, -0.1) is 0 Å². The summed E-state index contributed by atoms with van der Waals surface area (Å²) < 4.78 is 5.58. The highest BCUT2D eigenvalue weighted by atomic mass is 16.5. The van der Waals surface area contributed by atoms with Crippen molar-refractivity contribution >= 4 is 11.8 Å². The van der Waals surface area contributed by atoms with Crippen molar-refractivity contribution in [3.8, 4) is 0 Å². The third kappa shape index (κ3) is 1.21. The normalized spacial score (nSPS) is 42.0. The molecule has 0 spiro atoms. The smallest absolute Gasteiger partial charge is 0.236 e. The van der Waals surface area contributed by atoms with Gasteiger partial charge in [-0.05, 0) is 6.92 Å². The van der Waals surface area contributed by atoms with Crippen LogP contribution in [0.15, 0.2) is 12.2 Å². The molecule has 4 atom stereocenters. The van der Waals surface area contributed by atoms with Crippen LogP contribution in [0.2, 0.25) is 0 Å². The Kier molecular flexibility index (Phi) is 2.63. The highest BCUT2D eigenvalue weighted by Gasteiger charge is 2.67. The Morgan fingerprint density at radius 3 is 2.76 bits per heavy atom. The van der Waals surface area contributed by atoms with Gasteiger partial charge in [0.2, 0.25) is 11.8 Å². The lowest BCUT2D eigenvalue weighted by molar-refractivity contribution is -0.145. The maximum absolute atomic E-state index is 12.1. The second-order valence-electron chi connectivity index (χ2n) is 4.48. The third-order valence-electron chi connectivity index (χ3n) is 3.81. The van der Waals surface area contributed by atoms with Crippen LogP contribution in [0, 0.1) is 11.8 Å². The van der Waals surface area contributed by atoms with E-state index in [-0.39, 0.29) is 32.0 Å². The lowest BCUT2D eigenvalue weighted by atomic mass is 9.77. The number of hydrogen-bond acceptors (Lipinski definition) is 4. The second kappa shape index (κ2) is 3.65. The fourth-order valence-electron chi connectivity index (χ4n) is 3.06. The maximum atomic E-state index is 12.1. The van der Waals surface area contributed by atoms with Crippen molar-refractivity contribution in [2.75, 3.05) is 13.2 Å². The molecule has 0 aromatic carbocycles. The molecule has 3 aliphatic heterocycles. The first-order chi connectivity index (χ1) is 7.64. The van der Waals surface area contributed by atoms with Crippen molar-refractivity contribution in [2.45, 2.75) is 26.1 Å². The van der Waals surface area contributed by atoms with Gasteiger partial charge in [0.15, 0.2) is 0 Å². The van der Waals surface area contributed by atoms with E-state index in [4.69, 9.17) is 4.74 Å². The van der Waals surface area contributed by atoms with Gasteiger partial charge in [-0.2, -0.15) is 0 Å². The molecular formula is C12H17NO4. The number of nitrogens with zero attached hydrogens (tertiary/aromatic N) is 1. The molecule has 2 saturated heterocycles. The summed E-state index contributed by atoms with van der Waals surface area (Å²) in [5.74, 6) is -1.33. The van der Waals surface area contributed by atoms with E-state index in [1.54, 1.807) is 19.1 Å². The van der Waals surface area contributed by atoms with Crippen LogP contribution in [0.3, 0.4) is 0 Å². The summed E-state index contributed by atoms with van der Waals surface area (Å²) >= 11 is 0. The van der Waals surface area contributed by atoms with Gasteiger partial charge in [-0.1, -0.05) is 19.6 Å². The number of carbonyl (C=O) groups excluding carboxylic acids is 2. The summed E-state index contributed by atoms with van der Waals surface area (Å²) in [5.41, 5.74) is -0.952. The van der Waals surface area contributed by atoms with Gasteiger partial charge in [0, 0.05) is 6.54 Å². The van der Waals surface area contributed by atoms with E-state index in [1.165, 1.54) is 4.90 Å². The number of likely N-dealkylation sites (tertiary alicyclic amines) is 1. The summed E-state index contributed by atoms with van der Waals surface area (Å²) in [6.07, 6.45) is 3.16. The highest BCUT2D eigenvalue weighted by molar-refractivity contribution is 6.07. The molecule has 0 saturated carbocycles. The first-order valence-corrected chi connectivity index (χ1v) is 5.48. The van der Waals surface area contributed by atoms with Crippen LogP contribution in [0.25, 0.3) is 0 Å². The summed E-state index contributed by atoms with van der Waals surface area (Å²) in [6.45, 7) is 1.91. The van der Waals surface area contributed by atoms with Crippen LogP contribution in [0.5, 0.6) is 0 Å². The molecule has 1 N–H and O–H groups in total. The molecule has 94 valence electrons. The van der Waals surface area contributed by atoms with E-state index >= 15 is 0 Å². The van der Waals surface area contributed by atoms with Gasteiger partial charge in [-0.3, -0.25) is 14.5 Å². The van der Waals surface area contributed by atoms with Crippen molar-refractivity contribution in [2.24, 2.45) is 11.8 Å². The van der Waals surface area contributed by atoms with Crippen molar-refractivity contribution < 1.29 is 19.4 Å². The Morgan fingerprint density at radius 2 is 2.18 bits per heavy atom. The maximum Gasteiger partial charge on any atom is 0.236 e. The van der Waals surface area contributed by atoms with Crippen molar-refractivity contribution in [1.82, 2.24) is 4.90 Å². The van der Waals surface area contributed by atoms with E-state index in [0.717, 1.165) is 0 Å². The molecule has 3 heterocycles. The van der Waals surface area contributed by atoms with Crippen molar-refractivity contribution in [3.63, 3.8) is 0 Å². The van der Waals surface area contributed by atoms with E-state index in [2.05, 4.69) is 0 Å². The minimum atomic E-state index is -0.952. The zero-order chi connectivity index (χ0) is 11.5. The van der Waals surface area contributed by atoms with E-state index in [0.29, 0.717) is 6.54 Å². The molecule has 2 fully saturated rings. The molecule has 17 heavy (non-hydrogen) atoms. The van der Waals surface area contributed by atoms with E-state index in [1.807, 2.05) is 0 Å². The van der Waals surface area contributed by atoms with Crippen LogP contribution in [-0.4, -0.2) is 46.7 Å². The molecule has 0 aliphatic carbocycles. The first kappa shape index (κ1) is 12.3. The molecule has 2 bridgehead atoms. The van der Waals surface area contributed by atoms with Crippen LogP contribution in [-0.2, 0) is 14.3 Å². The standard InChI is InChI=1S/C11H13NO4.CH4/c1-2-12-9(14)7-6-3-4-11(5-13,16-6)8(7)10(12)15;/h3-4,6-8,13H,2,5H2,1H3;1H4. The number of aliphatic hydroxyl groups excluding tert-OH is 1. The van der Waals surface area contributed by atoms with Crippen molar-refractivity contribution in [3.05, 3.63) is 12.2 Å². The third-order valence-corrected chi connectivity index (χ3v) is 3.81. The van der Waals surface area contributed by atoms with E-state index in [9.17, 15) is 14.7 Å². The summed E-state index contributed by atoms with van der Waals surface area (Å²) in [7, 11) is 0. The largest absolute Gasteiger partial charge is 0.393 e.